The number of carboxylic acid groups (broad SMARTS) is 3. The van der Waals surface area contributed by atoms with Crippen molar-refractivity contribution in [2.24, 2.45) is 0 Å². The summed E-state index contributed by atoms with van der Waals surface area (Å²) in [4.78, 5) is 91.7. The van der Waals surface area contributed by atoms with E-state index in [-0.39, 0.29) is 47.5 Å². The molecule has 5 N–H and O–H groups in total. The molecular formula is C39H34N4O13. The summed E-state index contributed by atoms with van der Waals surface area (Å²) in [5, 5.41) is 31.1. The molecule has 0 unspecified atom stereocenters. The highest BCUT2D eigenvalue weighted by atomic mass is 16.5. The highest BCUT2D eigenvalue weighted by Crippen LogP contribution is 2.33. The number of benzene rings is 4. The maximum atomic E-state index is 12.1. The number of amides is 4. The standard InChI is InChI=1S/C19H16N2O5.C10H9NO5.C10H9NO3/c1-21-15-8-6-12(10-16(15)26-11-18(21)23)7-9-17(22)20-14-5-3-2-4-13(14)19(24)25;12-8(5-9(13)14)11-7-4-2-1-3-6(7)10(15)16;1-11-8-3-2-7(5-12)4-9(8)14-6-10(11)13/h2-10H,11H2,1H3,(H,20,22)(H,24,25);1-4H,5H2,(H,11,12)(H,13,14)(H,15,16);2-5H,6H2,1H3/b9-7+;;. The zero-order valence-corrected chi connectivity index (χ0v) is 29.8. The van der Waals surface area contributed by atoms with Crippen LogP contribution in [-0.2, 0) is 24.0 Å². The van der Waals surface area contributed by atoms with E-state index < -0.39 is 36.1 Å². The number of aldehydes is 1. The Morgan fingerprint density at radius 3 is 1.62 bits per heavy atom. The number of aromatic carboxylic acids is 2. The molecule has 2 aliphatic rings. The molecule has 2 heterocycles. The van der Waals surface area contributed by atoms with Crippen LogP contribution in [0.4, 0.5) is 22.7 Å². The molecule has 6 rings (SSSR count). The molecule has 0 saturated heterocycles. The summed E-state index contributed by atoms with van der Waals surface area (Å²) in [5.41, 5.74) is 2.87. The van der Waals surface area contributed by atoms with Crippen molar-refractivity contribution < 1.29 is 63.1 Å². The maximum absolute atomic E-state index is 12.1. The van der Waals surface area contributed by atoms with Gasteiger partial charge < -0.3 is 45.2 Å². The molecule has 0 atom stereocenters. The zero-order valence-electron chi connectivity index (χ0n) is 29.8. The Hall–Kier alpha value is -7.82. The van der Waals surface area contributed by atoms with Gasteiger partial charge in [0.1, 0.15) is 24.2 Å². The number of carbonyl (C=O) groups is 8. The first-order valence-electron chi connectivity index (χ1n) is 16.4. The van der Waals surface area contributed by atoms with Crippen LogP contribution in [-0.4, -0.2) is 90.5 Å². The predicted molar refractivity (Wildman–Crippen MR) is 201 cm³/mol. The van der Waals surface area contributed by atoms with E-state index in [1.165, 1.54) is 46.2 Å². The molecule has 4 amide bonds. The predicted octanol–water partition coefficient (Wildman–Crippen LogP) is 4.04. The zero-order chi connectivity index (χ0) is 40.9. The third-order valence-corrected chi connectivity index (χ3v) is 7.86. The van der Waals surface area contributed by atoms with Crippen LogP contribution in [0.5, 0.6) is 11.5 Å². The number of carboxylic acids is 3. The summed E-state index contributed by atoms with van der Waals surface area (Å²) >= 11 is 0. The number of rotatable bonds is 9. The fourth-order valence-electron chi connectivity index (χ4n) is 5.00. The van der Waals surface area contributed by atoms with E-state index in [4.69, 9.17) is 24.8 Å². The topological polar surface area (TPSA) is 246 Å². The minimum atomic E-state index is -1.27. The number of hydrogen-bond acceptors (Lipinski definition) is 10. The van der Waals surface area contributed by atoms with E-state index in [0.29, 0.717) is 34.0 Å². The van der Waals surface area contributed by atoms with Crippen molar-refractivity contribution in [3.8, 4) is 11.5 Å². The first-order valence-corrected chi connectivity index (χ1v) is 16.4. The highest BCUT2D eigenvalue weighted by molar-refractivity contribution is 6.07. The summed E-state index contributed by atoms with van der Waals surface area (Å²) in [6.07, 6.45) is 2.94. The van der Waals surface area contributed by atoms with E-state index in [1.54, 1.807) is 74.8 Å². The van der Waals surface area contributed by atoms with Gasteiger partial charge in [-0.1, -0.05) is 30.3 Å². The summed E-state index contributed by atoms with van der Waals surface area (Å²) < 4.78 is 10.6. The minimum absolute atomic E-state index is 0.0177. The van der Waals surface area contributed by atoms with Gasteiger partial charge in [0.25, 0.3) is 11.8 Å². The smallest absolute Gasteiger partial charge is 0.337 e. The number of likely N-dealkylation sites (N-methyl/N-ethyl adjacent to an activating group) is 2. The molecule has 4 aromatic carbocycles. The van der Waals surface area contributed by atoms with E-state index in [0.717, 1.165) is 6.29 Å². The molecule has 4 aromatic rings. The highest BCUT2D eigenvalue weighted by Gasteiger charge is 2.23. The van der Waals surface area contributed by atoms with Crippen LogP contribution in [0.25, 0.3) is 6.08 Å². The van der Waals surface area contributed by atoms with Crippen molar-refractivity contribution in [1.29, 1.82) is 0 Å². The monoisotopic (exact) mass is 766 g/mol. The van der Waals surface area contributed by atoms with Crippen LogP contribution >= 0.6 is 0 Å². The second-order valence-corrected chi connectivity index (χ2v) is 11.7. The molecule has 17 heteroatoms. The first-order chi connectivity index (χ1) is 26.7. The molecule has 0 bridgehead atoms. The van der Waals surface area contributed by atoms with Gasteiger partial charge in [-0.25, -0.2) is 9.59 Å². The van der Waals surface area contributed by atoms with Crippen molar-refractivity contribution in [3.05, 3.63) is 113 Å². The molecular weight excluding hydrogens is 732 g/mol. The fourth-order valence-corrected chi connectivity index (χ4v) is 5.00. The molecule has 288 valence electrons. The van der Waals surface area contributed by atoms with Crippen LogP contribution in [0.2, 0.25) is 0 Å². The average Bonchev–Trinajstić information content (AvgIpc) is 3.17. The lowest BCUT2D eigenvalue weighted by molar-refractivity contribution is -0.139. The second-order valence-electron chi connectivity index (χ2n) is 11.7. The molecule has 0 saturated carbocycles. The number of fused-ring (bicyclic) bond motifs is 2. The number of nitrogens with one attached hydrogen (secondary N) is 2. The molecule has 0 radical (unpaired) electrons. The van der Waals surface area contributed by atoms with Crippen molar-refractivity contribution in [3.63, 3.8) is 0 Å². The normalized spacial score (nSPS) is 12.5. The van der Waals surface area contributed by atoms with Crippen molar-refractivity contribution >= 4 is 76.6 Å². The van der Waals surface area contributed by atoms with Gasteiger partial charge in [-0.2, -0.15) is 0 Å². The maximum Gasteiger partial charge on any atom is 0.337 e. The van der Waals surface area contributed by atoms with Gasteiger partial charge >= 0.3 is 17.9 Å². The van der Waals surface area contributed by atoms with E-state index >= 15 is 0 Å². The lowest BCUT2D eigenvalue weighted by Crippen LogP contribution is -2.35. The number of hydrogen-bond donors (Lipinski definition) is 5. The molecule has 0 spiro atoms. The van der Waals surface area contributed by atoms with Crippen LogP contribution < -0.4 is 29.9 Å². The second kappa shape index (κ2) is 18.8. The summed E-state index contributed by atoms with van der Waals surface area (Å²) in [5.74, 6) is -3.87. The Labute approximate surface area is 318 Å². The third kappa shape index (κ3) is 10.9. The van der Waals surface area contributed by atoms with E-state index in [9.17, 15) is 38.4 Å². The third-order valence-electron chi connectivity index (χ3n) is 7.86. The molecule has 0 aliphatic carbocycles. The van der Waals surface area contributed by atoms with Gasteiger partial charge in [0, 0.05) is 25.7 Å². The van der Waals surface area contributed by atoms with Crippen LogP contribution in [0.15, 0.2) is 91.0 Å². The Morgan fingerprint density at radius 1 is 0.679 bits per heavy atom. The number of carbonyl (C=O) groups excluding carboxylic acids is 5. The van der Waals surface area contributed by atoms with Crippen molar-refractivity contribution in [2.75, 3.05) is 47.7 Å². The quantitative estimate of drug-likeness (QED) is 0.0918. The molecule has 2 aliphatic heterocycles. The summed E-state index contributed by atoms with van der Waals surface area (Å²) in [6, 6.07) is 22.2. The van der Waals surface area contributed by atoms with Gasteiger partial charge in [0.2, 0.25) is 11.8 Å². The van der Waals surface area contributed by atoms with Gasteiger partial charge in [-0.05, 0) is 66.2 Å². The Morgan fingerprint density at radius 2 is 1.14 bits per heavy atom. The minimum Gasteiger partial charge on any atom is -0.482 e. The van der Waals surface area contributed by atoms with Crippen LogP contribution in [0.3, 0.4) is 0 Å². The Kier molecular flexibility index (Phi) is 13.7. The van der Waals surface area contributed by atoms with Crippen molar-refractivity contribution in [1.82, 2.24) is 0 Å². The van der Waals surface area contributed by atoms with Gasteiger partial charge in [-0.15, -0.1) is 0 Å². The largest absolute Gasteiger partial charge is 0.482 e. The van der Waals surface area contributed by atoms with Crippen LogP contribution in [0, 0.1) is 0 Å². The van der Waals surface area contributed by atoms with E-state index in [2.05, 4.69) is 10.6 Å². The summed E-state index contributed by atoms with van der Waals surface area (Å²) in [6.45, 7) is 0.00887. The number of para-hydroxylation sites is 2. The number of anilines is 4. The lowest BCUT2D eigenvalue weighted by atomic mass is 10.1. The molecule has 0 fully saturated rings. The van der Waals surface area contributed by atoms with Gasteiger partial charge in [0.15, 0.2) is 13.2 Å². The molecule has 56 heavy (non-hydrogen) atoms. The summed E-state index contributed by atoms with van der Waals surface area (Å²) in [7, 11) is 3.36. The number of nitrogens with zero attached hydrogens (tertiary/aromatic N) is 2. The molecule has 0 aromatic heterocycles. The van der Waals surface area contributed by atoms with Crippen molar-refractivity contribution in [2.45, 2.75) is 6.42 Å². The number of ether oxygens (including phenoxy) is 2. The number of aliphatic carboxylic acids is 1. The van der Waals surface area contributed by atoms with Gasteiger partial charge in [-0.3, -0.25) is 28.8 Å². The first kappa shape index (κ1) is 40.9. The van der Waals surface area contributed by atoms with Gasteiger partial charge in [0.05, 0.1) is 33.9 Å². The van der Waals surface area contributed by atoms with E-state index in [1.807, 2.05) is 0 Å². The fraction of sp³-hybridized carbons (Fsp3) is 0.128. The lowest BCUT2D eigenvalue weighted by Gasteiger charge is -2.25. The Bertz CT molecular complexity index is 2230. The SMILES string of the molecule is CN1C(=O)COc2cc(/C=C/C(=O)Nc3ccccc3C(=O)O)ccc21.CN1C(=O)COc2cc(C=O)ccc21.O=C(O)CC(=O)Nc1ccccc1C(=O)O. The molecule has 17 nitrogen and oxygen atoms in total. The Balaban J connectivity index is 0.000000199. The van der Waals surface area contributed by atoms with Crippen LogP contribution in [0.1, 0.15) is 43.1 Å². The average molecular weight is 767 g/mol.